The van der Waals surface area contributed by atoms with Crippen LogP contribution in [0.1, 0.15) is 48.3 Å². The summed E-state index contributed by atoms with van der Waals surface area (Å²) in [6.45, 7) is 4.74. The van der Waals surface area contributed by atoms with E-state index < -0.39 is 5.60 Å². The van der Waals surface area contributed by atoms with E-state index in [9.17, 15) is 9.50 Å². The molecular weight excluding hydrogens is 455 g/mol. The lowest BCUT2D eigenvalue weighted by molar-refractivity contribution is -0.0199. The van der Waals surface area contributed by atoms with E-state index in [0.29, 0.717) is 12.3 Å². The zero-order valence-corrected chi connectivity index (χ0v) is 21.1. The molecule has 2 aromatic carbocycles. The van der Waals surface area contributed by atoms with Gasteiger partial charge in [-0.05, 0) is 77.3 Å². The highest BCUT2D eigenvalue weighted by molar-refractivity contribution is 7.08. The van der Waals surface area contributed by atoms with Crippen molar-refractivity contribution in [2.45, 2.75) is 50.2 Å². The second kappa shape index (κ2) is 11.1. The predicted molar refractivity (Wildman–Crippen MR) is 142 cm³/mol. The van der Waals surface area contributed by atoms with Gasteiger partial charge in [0.15, 0.2) is 0 Å². The molecule has 0 bridgehead atoms. The van der Waals surface area contributed by atoms with E-state index in [-0.39, 0.29) is 5.82 Å². The van der Waals surface area contributed by atoms with Crippen LogP contribution in [-0.4, -0.2) is 46.7 Å². The minimum absolute atomic E-state index is 0.140. The average Bonchev–Trinajstić information content (AvgIpc) is 3.53. The summed E-state index contributed by atoms with van der Waals surface area (Å²) in [6, 6.07) is 20.0. The van der Waals surface area contributed by atoms with Crippen molar-refractivity contribution in [1.29, 1.82) is 0 Å². The maximum atomic E-state index is 13.9. The highest BCUT2D eigenvalue weighted by Gasteiger charge is 2.33. The Morgan fingerprint density at radius 1 is 1.03 bits per heavy atom. The van der Waals surface area contributed by atoms with Crippen molar-refractivity contribution in [1.82, 2.24) is 9.80 Å². The molecule has 35 heavy (non-hydrogen) atoms. The van der Waals surface area contributed by atoms with Gasteiger partial charge in [-0.1, -0.05) is 48.5 Å². The summed E-state index contributed by atoms with van der Waals surface area (Å²) < 4.78 is 13.9. The SMILES string of the molecule is OC1(CCCc2ccccc2F)CCN(/C=C2\CN(Cc3ccccc3)CC2c2ccsc2)CC1. The number of aryl methyl sites for hydroxylation is 1. The van der Waals surface area contributed by atoms with Crippen LogP contribution in [-0.2, 0) is 13.0 Å². The van der Waals surface area contributed by atoms with E-state index in [2.05, 4.69) is 63.2 Å². The van der Waals surface area contributed by atoms with Crippen LogP contribution in [0.4, 0.5) is 4.39 Å². The first-order valence-corrected chi connectivity index (χ1v) is 13.7. The number of likely N-dealkylation sites (tertiary alicyclic amines) is 2. The Morgan fingerprint density at radius 3 is 2.54 bits per heavy atom. The zero-order chi connectivity index (χ0) is 24.1. The molecule has 1 unspecified atom stereocenters. The van der Waals surface area contributed by atoms with Gasteiger partial charge in [-0.25, -0.2) is 4.39 Å². The molecule has 3 aromatic rings. The van der Waals surface area contributed by atoms with E-state index in [1.54, 1.807) is 17.4 Å². The standard InChI is InChI=1S/C30H35FN2OS/c31-29-11-5-4-9-25(29)10-6-13-30(34)14-16-32(17-15-30)20-27-21-33(19-24-7-2-1-3-8-24)22-28(27)26-12-18-35-23-26/h1-5,7-9,11-12,18,20,23,28,34H,6,10,13-17,19,21-22H2/b27-20+. The van der Waals surface area contributed by atoms with Crippen LogP contribution in [0.25, 0.3) is 0 Å². The van der Waals surface area contributed by atoms with E-state index in [4.69, 9.17) is 0 Å². The number of nitrogens with zero attached hydrogens (tertiary/aromatic N) is 2. The lowest BCUT2D eigenvalue weighted by Crippen LogP contribution is -2.42. The van der Waals surface area contributed by atoms with Gasteiger partial charge in [0.1, 0.15) is 5.82 Å². The third-order valence-electron chi connectivity index (χ3n) is 7.61. The molecule has 0 radical (unpaired) electrons. The van der Waals surface area contributed by atoms with Crippen LogP contribution in [0, 0.1) is 5.82 Å². The molecule has 0 spiro atoms. The van der Waals surface area contributed by atoms with Crippen LogP contribution < -0.4 is 0 Å². The molecule has 3 heterocycles. The van der Waals surface area contributed by atoms with Crippen molar-refractivity contribution < 1.29 is 9.50 Å². The second-order valence-electron chi connectivity index (χ2n) is 10.2. The molecule has 5 rings (SSSR count). The van der Waals surface area contributed by atoms with Crippen LogP contribution in [0.2, 0.25) is 0 Å². The van der Waals surface area contributed by atoms with Crippen LogP contribution >= 0.6 is 11.3 Å². The van der Waals surface area contributed by atoms with Gasteiger partial charge in [-0.3, -0.25) is 4.90 Å². The van der Waals surface area contributed by atoms with Gasteiger partial charge in [0, 0.05) is 44.8 Å². The van der Waals surface area contributed by atoms with Crippen LogP contribution in [0.5, 0.6) is 0 Å². The molecule has 3 nitrogen and oxygen atoms in total. The summed E-state index contributed by atoms with van der Waals surface area (Å²) in [4.78, 5) is 4.96. The first-order valence-electron chi connectivity index (χ1n) is 12.8. The summed E-state index contributed by atoms with van der Waals surface area (Å²) in [6.07, 6.45) is 6.14. The van der Waals surface area contributed by atoms with E-state index in [0.717, 1.165) is 64.0 Å². The Bertz CT molecular complexity index is 1110. The molecule has 0 aliphatic carbocycles. The van der Waals surface area contributed by atoms with Crippen molar-refractivity contribution in [2.75, 3.05) is 26.2 Å². The Labute approximate surface area is 212 Å². The number of hydrogen-bond donors (Lipinski definition) is 1. The van der Waals surface area contributed by atoms with Gasteiger partial charge in [-0.15, -0.1) is 0 Å². The van der Waals surface area contributed by atoms with Crippen molar-refractivity contribution in [3.8, 4) is 0 Å². The summed E-state index contributed by atoms with van der Waals surface area (Å²) in [7, 11) is 0. The molecule has 184 valence electrons. The molecular formula is C30H35FN2OS. The molecule has 1 atom stereocenters. The molecule has 2 aliphatic rings. The predicted octanol–water partition coefficient (Wildman–Crippen LogP) is 6.22. The second-order valence-corrected chi connectivity index (χ2v) is 11.0. The number of piperidine rings is 1. The molecule has 2 fully saturated rings. The number of rotatable bonds is 8. The van der Waals surface area contributed by atoms with Crippen molar-refractivity contribution in [2.24, 2.45) is 0 Å². The Hall–Kier alpha value is -2.47. The Kier molecular flexibility index (Phi) is 7.66. The highest BCUT2D eigenvalue weighted by Crippen LogP contribution is 2.35. The molecule has 1 aromatic heterocycles. The molecule has 0 saturated carbocycles. The van der Waals surface area contributed by atoms with Gasteiger partial charge >= 0.3 is 0 Å². The topological polar surface area (TPSA) is 26.7 Å². The van der Waals surface area contributed by atoms with Crippen molar-refractivity contribution in [3.63, 3.8) is 0 Å². The fourth-order valence-corrected chi connectivity index (χ4v) is 6.27. The number of aliphatic hydroxyl groups is 1. The van der Waals surface area contributed by atoms with E-state index in [1.165, 1.54) is 22.8 Å². The normalized spacial score (nSPS) is 21.6. The maximum absolute atomic E-state index is 13.9. The van der Waals surface area contributed by atoms with Gasteiger partial charge in [0.25, 0.3) is 0 Å². The molecule has 2 saturated heterocycles. The van der Waals surface area contributed by atoms with Crippen LogP contribution in [0.3, 0.4) is 0 Å². The number of hydrogen-bond acceptors (Lipinski definition) is 4. The third kappa shape index (κ3) is 6.21. The lowest BCUT2D eigenvalue weighted by atomic mass is 9.86. The zero-order valence-electron chi connectivity index (χ0n) is 20.3. The maximum Gasteiger partial charge on any atom is 0.126 e. The third-order valence-corrected chi connectivity index (χ3v) is 8.31. The minimum atomic E-state index is -0.637. The summed E-state index contributed by atoms with van der Waals surface area (Å²) in [5.41, 5.74) is 4.36. The molecule has 1 N–H and O–H groups in total. The monoisotopic (exact) mass is 490 g/mol. The van der Waals surface area contributed by atoms with Gasteiger partial charge in [0.05, 0.1) is 5.60 Å². The fourth-order valence-electron chi connectivity index (χ4n) is 5.56. The Morgan fingerprint density at radius 2 is 1.80 bits per heavy atom. The number of thiophene rings is 1. The highest BCUT2D eigenvalue weighted by atomic mass is 32.1. The van der Waals surface area contributed by atoms with Crippen molar-refractivity contribution in [3.05, 3.63) is 106 Å². The van der Waals surface area contributed by atoms with E-state index in [1.807, 2.05) is 12.1 Å². The first-order chi connectivity index (χ1) is 17.1. The summed E-state index contributed by atoms with van der Waals surface area (Å²) in [5.74, 6) is 0.297. The quantitative estimate of drug-likeness (QED) is 0.406. The molecule has 5 heteroatoms. The number of benzene rings is 2. The van der Waals surface area contributed by atoms with Gasteiger partial charge < -0.3 is 10.0 Å². The minimum Gasteiger partial charge on any atom is -0.390 e. The van der Waals surface area contributed by atoms with E-state index >= 15 is 0 Å². The molecule has 2 aliphatic heterocycles. The summed E-state index contributed by atoms with van der Waals surface area (Å²) >= 11 is 1.77. The Balaban J connectivity index is 1.18. The van der Waals surface area contributed by atoms with Gasteiger partial charge in [0.2, 0.25) is 0 Å². The molecule has 0 amide bonds. The number of halogens is 1. The van der Waals surface area contributed by atoms with Gasteiger partial charge in [-0.2, -0.15) is 11.3 Å². The first kappa shape index (κ1) is 24.2. The fraction of sp³-hybridized carbons (Fsp3) is 0.400. The summed E-state index contributed by atoms with van der Waals surface area (Å²) in [5, 5.41) is 15.6. The van der Waals surface area contributed by atoms with Crippen LogP contribution in [0.15, 0.2) is 83.2 Å². The largest absolute Gasteiger partial charge is 0.390 e. The van der Waals surface area contributed by atoms with Crippen molar-refractivity contribution >= 4 is 11.3 Å². The lowest BCUT2D eigenvalue weighted by Gasteiger charge is -2.38. The smallest absolute Gasteiger partial charge is 0.126 e. The average molecular weight is 491 g/mol.